The highest BCUT2D eigenvalue weighted by atomic mass is 16.5. The van der Waals surface area contributed by atoms with Crippen molar-refractivity contribution in [3.63, 3.8) is 0 Å². The van der Waals surface area contributed by atoms with Crippen molar-refractivity contribution in [2.75, 3.05) is 34.0 Å². The molecule has 0 bridgehead atoms. The van der Waals surface area contributed by atoms with E-state index in [9.17, 15) is 0 Å². The third kappa shape index (κ3) is 4.46. The van der Waals surface area contributed by atoms with Gasteiger partial charge >= 0.3 is 0 Å². The van der Waals surface area contributed by atoms with Gasteiger partial charge < -0.3 is 14.2 Å². The zero-order chi connectivity index (χ0) is 16.8. The molecule has 1 aliphatic rings. The molecule has 2 atom stereocenters. The normalized spacial score (nSPS) is 27.1. The summed E-state index contributed by atoms with van der Waals surface area (Å²) in [6, 6.07) is 0. The molecule has 22 heavy (non-hydrogen) atoms. The molecule has 3 nitrogen and oxygen atoms in total. The van der Waals surface area contributed by atoms with Crippen molar-refractivity contribution < 1.29 is 14.2 Å². The minimum absolute atomic E-state index is 0.0951. The van der Waals surface area contributed by atoms with Crippen molar-refractivity contribution in [3.8, 4) is 0 Å². The summed E-state index contributed by atoms with van der Waals surface area (Å²) in [6.07, 6.45) is 5.36. The molecule has 0 spiro atoms. The third-order valence-corrected chi connectivity index (χ3v) is 6.15. The van der Waals surface area contributed by atoms with Crippen molar-refractivity contribution in [3.05, 3.63) is 0 Å². The average molecular weight is 315 g/mol. The van der Waals surface area contributed by atoms with Crippen molar-refractivity contribution in [1.29, 1.82) is 0 Å². The van der Waals surface area contributed by atoms with Gasteiger partial charge in [0.25, 0.3) is 0 Å². The molecule has 0 N–H and O–H groups in total. The first-order valence-corrected chi connectivity index (χ1v) is 8.93. The summed E-state index contributed by atoms with van der Waals surface area (Å²) in [6.45, 7) is 13.6. The molecule has 0 radical (unpaired) electrons. The highest BCUT2D eigenvalue weighted by molar-refractivity contribution is 4.93. The Bertz CT molecular complexity index is 298. The molecule has 1 rings (SSSR count). The van der Waals surface area contributed by atoms with Crippen LogP contribution in [0, 0.1) is 22.7 Å². The van der Waals surface area contributed by atoms with Gasteiger partial charge in [-0.05, 0) is 30.1 Å². The smallest absolute Gasteiger partial charge is 0.0626 e. The molecule has 0 aliphatic heterocycles. The summed E-state index contributed by atoms with van der Waals surface area (Å²) in [5, 5.41) is 0. The maximum Gasteiger partial charge on any atom is 0.0626 e. The van der Waals surface area contributed by atoms with Crippen LogP contribution in [0.4, 0.5) is 0 Å². The molecule has 132 valence electrons. The second-order valence-corrected chi connectivity index (χ2v) is 8.04. The van der Waals surface area contributed by atoms with Gasteiger partial charge in [-0.2, -0.15) is 0 Å². The SMILES string of the molecule is CCC(C)(C)C(COC)(COC)COC1C(C)CCCC1C. The molecular weight excluding hydrogens is 276 g/mol. The number of methoxy groups -OCH3 is 2. The van der Waals surface area contributed by atoms with Gasteiger partial charge in [0.2, 0.25) is 0 Å². The molecule has 1 saturated carbocycles. The quantitative estimate of drug-likeness (QED) is 0.625. The van der Waals surface area contributed by atoms with Crippen LogP contribution in [-0.4, -0.2) is 40.1 Å². The molecule has 3 heteroatoms. The van der Waals surface area contributed by atoms with Gasteiger partial charge in [0.1, 0.15) is 0 Å². The van der Waals surface area contributed by atoms with Crippen LogP contribution >= 0.6 is 0 Å². The third-order valence-electron chi connectivity index (χ3n) is 6.15. The topological polar surface area (TPSA) is 27.7 Å². The maximum atomic E-state index is 6.51. The van der Waals surface area contributed by atoms with Gasteiger partial charge in [0.15, 0.2) is 0 Å². The molecule has 1 aliphatic carbocycles. The fourth-order valence-corrected chi connectivity index (χ4v) is 3.87. The minimum atomic E-state index is -0.0951. The van der Waals surface area contributed by atoms with Crippen LogP contribution in [0.5, 0.6) is 0 Å². The van der Waals surface area contributed by atoms with Crippen molar-refractivity contribution in [2.45, 2.75) is 66.4 Å². The van der Waals surface area contributed by atoms with E-state index in [1.54, 1.807) is 14.2 Å². The Morgan fingerprint density at radius 3 is 1.82 bits per heavy atom. The summed E-state index contributed by atoms with van der Waals surface area (Å²) in [5.41, 5.74) is 0.0162. The second kappa shape index (κ2) is 8.65. The largest absolute Gasteiger partial charge is 0.384 e. The molecule has 0 heterocycles. The van der Waals surface area contributed by atoms with E-state index in [0.29, 0.717) is 31.2 Å². The number of hydrogen-bond donors (Lipinski definition) is 0. The lowest BCUT2D eigenvalue weighted by Gasteiger charge is -2.47. The standard InChI is InChI=1S/C19H38O3/c1-8-18(4,5)19(12-20-6,13-21-7)14-22-17-15(2)10-9-11-16(17)3/h15-17H,8-14H2,1-7H3. The summed E-state index contributed by atoms with van der Waals surface area (Å²) in [7, 11) is 3.56. The Labute approximate surface area is 138 Å². The minimum Gasteiger partial charge on any atom is -0.384 e. The Morgan fingerprint density at radius 1 is 0.909 bits per heavy atom. The monoisotopic (exact) mass is 314 g/mol. The van der Waals surface area contributed by atoms with Gasteiger partial charge in [-0.15, -0.1) is 0 Å². The Hall–Kier alpha value is -0.120. The Kier molecular flexibility index (Phi) is 7.84. The molecule has 0 aromatic carbocycles. The van der Waals surface area contributed by atoms with Crippen LogP contribution in [0.3, 0.4) is 0 Å². The van der Waals surface area contributed by atoms with Gasteiger partial charge in [0, 0.05) is 19.6 Å². The van der Waals surface area contributed by atoms with Crippen LogP contribution in [-0.2, 0) is 14.2 Å². The number of hydrogen-bond acceptors (Lipinski definition) is 3. The van der Waals surface area contributed by atoms with Crippen molar-refractivity contribution in [1.82, 2.24) is 0 Å². The van der Waals surface area contributed by atoms with E-state index in [2.05, 4.69) is 34.6 Å². The van der Waals surface area contributed by atoms with Crippen LogP contribution in [0.25, 0.3) is 0 Å². The highest BCUT2D eigenvalue weighted by Crippen LogP contribution is 2.44. The van der Waals surface area contributed by atoms with Crippen LogP contribution in [0.15, 0.2) is 0 Å². The van der Waals surface area contributed by atoms with E-state index < -0.39 is 0 Å². The summed E-state index contributed by atoms with van der Waals surface area (Å²) >= 11 is 0. The van der Waals surface area contributed by atoms with Crippen LogP contribution in [0.2, 0.25) is 0 Å². The molecule has 0 aromatic rings. The van der Waals surface area contributed by atoms with E-state index >= 15 is 0 Å². The van der Waals surface area contributed by atoms with E-state index in [1.807, 2.05) is 0 Å². The molecule has 0 saturated heterocycles. The first-order chi connectivity index (χ1) is 10.3. The number of ether oxygens (including phenoxy) is 3. The zero-order valence-electron chi connectivity index (χ0n) is 15.9. The predicted octanol–water partition coefficient (Wildman–Crippen LogP) is 4.54. The summed E-state index contributed by atoms with van der Waals surface area (Å²) in [5.74, 6) is 1.30. The highest BCUT2D eigenvalue weighted by Gasteiger charge is 2.45. The molecule has 0 aromatic heterocycles. The number of rotatable bonds is 9. The van der Waals surface area contributed by atoms with E-state index in [0.717, 1.165) is 13.0 Å². The fraction of sp³-hybridized carbons (Fsp3) is 1.00. The lowest BCUT2D eigenvalue weighted by Crippen LogP contribution is -2.50. The summed E-state index contributed by atoms with van der Waals surface area (Å²) in [4.78, 5) is 0. The zero-order valence-corrected chi connectivity index (χ0v) is 15.9. The van der Waals surface area contributed by atoms with Crippen LogP contribution in [0.1, 0.15) is 60.3 Å². The first-order valence-electron chi connectivity index (χ1n) is 8.93. The van der Waals surface area contributed by atoms with E-state index in [4.69, 9.17) is 14.2 Å². The lowest BCUT2D eigenvalue weighted by molar-refractivity contribution is -0.149. The van der Waals surface area contributed by atoms with E-state index in [-0.39, 0.29) is 10.8 Å². The average Bonchev–Trinajstić information content (AvgIpc) is 2.46. The first kappa shape index (κ1) is 19.9. The van der Waals surface area contributed by atoms with E-state index in [1.165, 1.54) is 19.3 Å². The van der Waals surface area contributed by atoms with Crippen molar-refractivity contribution >= 4 is 0 Å². The molecule has 0 amide bonds. The molecular formula is C19H38O3. The molecule has 2 unspecified atom stereocenters. The van der Waals surface area contributed by atoms with Crippen molar-refractivity contribution in [2.24, 2.45) is 22.7 Å². The van der Waals surface area contributed by atoms with Gasteiger partial charge in [0.05, 0.1) is 25.9 Å². The van der Waals surface area contributed by atoms with Crippen LogP contribution < -0.4 is 0 Å². The van der Waals surface area contributed by atoms with Gasteiger partial charge in [-0.25, -0.2) is 0 Å². The Morgan fingerprint density at radius 2 is 1.41 bits per heavy atom. The van der Waals surface area contributed by atoms with Gasteiger partial charge in [-0.1, -0.05) is 47.5 Å². The predicted molar refractivity (Wildman–Crippen MR) is 92.2 cm³/mol. The maximum absolute atomic E-state index is 6.51. The second-order valence-electron chi connectivity index (χ2n) is 8.04. The fourth-order valence-electron chi connectivity index (χ4n) is 3.87. The Balaban J connectivity index is 2.87. The summed E-state index contributed by atoms with van der Waals surface area (Å²) < 4.78 is 17.7. The molecule has 1 fully saturated rings. The lowest BCUT2D eigenvalue weighted by atomic mass is 9.65. The van der Waals surface area contributed by atoms with Gasteiger partial charge in [-0.3, -0.25) is 0 Å².